The van der Waals surface area contributed by atoms with E-state index in [2.05, 4.69) is 46.5 Å². The Bertz CT molecular complexity index is 1750. The molecular weight excluding hydrogens is 692 g/mol. The molecule has 1 aromatic heterocycles. The second-order valence-electron chi connectivity index (χ2n) is 14.1. The van der Waals surface area contributed by atoms with Crippen LogP contribution in [0.1, 0.15) is 64.5 Å². The van der Waals surface area contributed by atoms with E-state index in [0.29, 0.717) is 22.4 Å². The molecule has 0 radical (unpaired) electrons. The topological polar surface area (TPSA) is 97.8 Å². The molecule has 0 amide bonds. The van der Waals surface area contributed by atoms with E-state index >= 15 is 4.39 Å². The molecule has 274 valence electrons. The minimum Gasteiger partial charge on any atom is -0.497 e. The number of nitrogen functional groups attached to an aromatic ring is 1. The maximum absolute atomic E-state index is 17.6. The quantitative estimate of drug-likeness (QED) is 0.0789. The number of rotatable bonds is 14. The van der Waals surface area contributed by atoms with Gasteiger partial charge in [-0.1, -0.05) is 114 Å². The Kier molecular flexibility index (Phi) is 11.8. The Hall–Kier alpha value is -3.61. The lowest BCUT2D eigenvalue weighted by Gasteiger charge is -2.46. The maximum atomic E-state index is 17.6. The van der Waals surface area contributed by atoms with E-state index in [0.717, 1.165) is 10.8 Å². The maximum Gasteiger partial charge on any atom is 0.351 e. The van der Waals surface area contributed by atoms with Gasteiger partial charge in [-0.3, -0.25) is 4.57 Å². The van der Waals surface area contributed by atoms with Crippen LogP contribution < -0.4 is 16.2 Å². The van der Waals surface area contributed by atoms with Gasteiger partial charge in [0.1, 0.15) is 23.1 Å². The van der Waals surface area contributed by atoms with Crippen LogP contribution in [0.3, 0.4) is 0 Å². The fourth-order valence-electron chi connectivity index (χ4n) is 7.91. The van der Waals surface area contributed by atoms with Gasteiger partial charge in [-0.15, -0.1) is 11.6 Å². The van der Waals surface area contributed by atoms with Gasteiger partial charge in [-0.05, 0) is 45.4 Å². The van der Waals surface area contributed by atoms with Crippen molar-refractivity contribution in [1.29, 1.82) is 0 Å². The van der Waals surface area contributed by atoms with Crippen LogP contribution in [0.2, 0.25) is 16.6 Å². The highest BCUT2D eigenvalue weighted by molar-refractivity contribution is 6.77. The number of hydrogen-bond acceptors (Lipinski definition) is 7. The van der Waals surface area contributed by atoms with Crippen LogP contribution in [0.15, 0.2) is 95.9 Å². The average Bonchev–Trinajstić information content (AvgIpc) is 3.39. The zero-order valence-electron chi connectivity index (χ0n) is 30.2. The molecule has 1 aliphatic rings. The van der Waals surface area contributed by atoms with Crippen molar-refractivity contribution < 1.29 is 27.4 Å². The smallest absolute Gasteiger partial charge is 0.351 e. The summed E-state index contributed by atoms with van der Waals surface area (Å²) in [5, 5.41) is 0. The van der Waals surface area contributed by atoms with Gasteiger partial charge >= 0.3 is 5.69 Å². The standard InChI is InChI=1S/C39H48ClF2N3O5Si/c1-25(2)51(26(3)4,27(5)6)48-24-38(23-40)34(33(42)36(50-38)45-22-32(41)35(43)44-37(45)46)49-39(28-14-10-8-11-15-28,29-16-12-9-13-17-29)30-18-20-31(47-7)21-19-30/h8-22,25-27,33-34,36H,23-24H2,1-7H3,(H2,43,44,46)/t33-,34-,36+,38+/m0/s1. The van der Waals surface area contributed by atoms with Crippen LogP contribution in [-0.4, -0.2) is 55.3 Å². The normalized spacial score (nSPS) is 21.2. The van der Waals surface area contributed by atoms with Gasteiger partial charge in [-0.2, -0.15) is 4.98 Å². The van der Waals surface area contributed by atoms with Gasteiger partial charge in [-0.25, -0.2) is 13.6 Å². The summed E-state index contributed by atoms with van der Waals surface area (Å²) in [6.45, 7) is 12.7. The Morgan fingerprint density at radius 2 is 1.43 bits per heavy atom. The number of hydrogen-bond donors (Lipinski definition) is 1. The van der Waals surface area contributed by atoms with Crippen molar-refractivity contribution in [1.82, 2.24) is 9.55 Å². The number of aromatic nitrogens is 2. The lowest BCUT2D eigenvalue weighted by molar-refractivity contribution is -0.152. The van der Waals surface area contributed by atoms with Crippen molar-refractivity contribution in [3.8, 4) is 5.75 Å². The number of nitrogens with two attached hydrogens (primary N) is 1. The molecular formula is C39H48ClF2N3O5Si. The molecule has 0 spiro atoms. The van der Waals surface area contributed by atoms with Crippen molar-refractivity contribution in [3.05, 3.63) is 124 Å². The van der Waals surface area contributed by atoms with Crippen molar-refractivity contribution in [2.24, 2.45) is 0 Å². The molecule has 3 aromatic carbocycles. The van der Waals surface area contributed by atoms with Crippen LogP contribution in [0.25, 0.3) is 0 Å². The summed E-state index contributed by atoms with van der Waals surface area (Å²) in [7, 11) is -1.01. The molecule has 2 N–H and O–H groups in total. The molecule has 4 atom stereocenters. The monoisotopic (exact) mass is 739 g/mol. The Labute approximate surface area is 305 Å². The zero-order valence-corrected chi connectivity index (χ0v) is 31.9. The minimum atomic E-state index is -2.59. The van der Waals surface area contributed by atoms with Gasteiger partial charge in [0.05, 0.1) is 25.8 Å². The summed E-state index contributed by atoms with van der Waals surface area (Å²) >= 11 is 6.90. The molecule has 51 heavy (non-hydrogen) atoms. The van der Waals surface area contributed by atoms with E-state index in [4.69, 9.17) is 36.0 Å². The van der Waals surface area contributed by atoms with E-state index in [1.807, 2.05) is 84.9 Å². The molecule has 0 saturated carbocycles. The first-order valence-electron chi connectivity index (χ1n) is 17.3. The highest BCUT2D eigenvalue weighted by Gasteiger charge is 2.61. The van der Waals surface area contributed by atoms with Gasteiger partial charge in [0.2, 0.25) is 0 Å². The van der Waals surface area contributed by atoms with Gasteiger partial charge in [0, 0.05) is 0 Å². The lowest BCUT2D eigenvalue weighted by atomic mass is 9.79. The number of halogens is 3. The third kappa shape index (κ3) is 6.98. The first kappa shape index (κ1) is 38.6. The first-order valence-corrected chi connectivity index (χ1v) is 19.9. The first-order chi connectivity index (χ1) is 24.3. The summed E-state index contributed by atoms with van der Waals surface area (Å²) in [6.07, 6.45) is -4.35. The average molecular weight is 740 g/mol. The third-order valence-electron chi connectivity index (χ3n) is 10.3. The van der Waals surface area contributed by atoms with Crippen molar-refractivity contribution in [3.63, 3.8) is 0 Å². The van der Waals surface area contributed by atoms with Crippen LogP contribution >= 0.6 is 11.6 Å². The van der Waals surface area contributed by atoms with E-state index in [-0.39, 0.29) is 29.1 Å². The fourth-order valence-corrected chi connectivity index (χ4v) is 13.7. The molecule has 0 unspecified atom stereocenters. The molecule has 5 rings (SSSR count). The second kappa shape index (κ2) is 15.6. The lowest BCUT2D eigenvalue weighted by Crippen LogP contribution is -2.57. The number of anilines is 1. The number of methoxy groups -OCH3 is 1. The highest BCUT2D eigenvalue weighted by atomic mass is 35.5. The van der Waals surface area contributed by atoms with Crippen LogP contribution in [-0.2, 0) is 19.5 Å². The Morgan fingerprint density at radius 1 is 0.922 bits per heavy atom. The second-order valence-corrected chi connectivity index (χ2v) is 19.8. The number of alkyl halides is 2. The predicted molar refractivity (Wildman–Crippen MR) is 199 cm³/mol. The molecule has 2 heterocycles. The van der Waals surface area contributed by atoms with E-state index in [9.17, 15) is 9.18 Å². The number of nitrogens with zero attached hydrogens (tertiary/aromatic N) is 2. The third-order valence-corrected chi connectivity index (χ3v) is 16.8. The zero-order chi connectivity index (χ0) is 37.1. The van der Waals surface area contributed by atoms with E-state index < -0.39 is 55.3 Å². The van der Waals surface area contributed by atoms with Gasteiger partial charge < -0.3 is 24.4 Å². The highest BCUT2D eigenvalue weighted by Crippen LogP contribution is 2.51. The summed E-state index contributed by atoms with van der Waals surface area (Å²) in [5.41, 5.74) is 4.18. The Balaban J connectivity index is 1.77. The molecule has 0 bridgehead atoms. The molecule has 1 fully saturated rings. The Morgan fingerprint density at radius 3 is 1.90 bits per heavy atom. The van der Waals surface area contributed by atoms with Gasteiger partial charge in [0.25, 0.3) is 0 Å². The largest absolute Gasteiger partial charge is 0.497 e. The van der Waals surface area contributed by atoms with Crippen molar-refractivity contribution in [2.75, 3.05) is 25.3 Å². The van der Waals surface area contributed by atoms with Crippen LogP contribution in [0.5, 0.6) is 5.75 Å². The van der Waals surface area contributed by atoms with Crippen molar-refractivity contribution >= 4 is 25.7 Å². The van der Waals surface area contributed by atoms with Crippen molar-refractivity contribution in [2.45, 2.75) is 87.9 Å². The molecule has 1 saturated heterocycles. The number of benzene rings is 3. The molecule has 1 aliphatic heterocycles. The van der Waals surface area contributed by atoms with E-state index in [1.165, 1.54) is 0 Å². The summed E-state index contributed by atoms with van der Waals surface area (Å²) in [4.78, 5) is 16.8. The van der Waals surface area contributed by atoms with Crippen LogP contribution in [0, 0.1) is 5.82 Å². The summed E-state index contributed by atoms with van der Waals surface area (Å²) < 4.78 is 59.7. The molecule has 4 aromatic rings. The van der Waals surface area contributed by atoms with E-state index in [1.54, 1.807) is 7.11 Å². The number of ether oxygens (including phenoxy) is 3. The summed E-state index contributed by atoms with van der Waals surface area (Å²) in [5.74, 6) is -1.23. The summed E-state index contributed by atoms with van der Waals surface area (Å²) in [6, 6.07) is 26.3. The molecule has 8 nitrogen and oxygen atoms in total. The SMILES string of the molecule is COc1ccc(C(O[C@H]2[C@H](F)[C@H](n3cc(F)c(N)nc3=O)O[C@]2(CCl)CO[Si](C(C)C)(C(C)C)C(C)C)(c2ccccc2)c2ccccc2)cc1. The molecule has 0 aliphatic carbocycles. The van der Waals surface area contributed by atoms with Gasteiger partial charge in [0.15, 0.2) is 32.4 Å². The van der Waals surface area contributed by atoms with Crippen LogP contribution in [0.4, 0.5) is 14.6 Å². The minimum absolute atomic E-state index is 0.138. The predicted octanol–water partition coefficient (Wildman–Crippen LogP) is 8.39. The fraction of sp³-hybridized carbons (Fsp3) is 0.436. The molecule has 12 heteroatoms.